The van der Waals surface area contributed by atoms with Gasteiger partial charge in [0, 0.05) is 22.3 Å². The van der Waals surface area contributed by atoms with Crippen molar-refractivity contribution in [1.82, 2.24) is 4.98 Å². The van der Waals surface area contributed by atoms with Crippen molar-refractivity contribution in [2.75, 3.05) is 6.61 Å². The van der Waals surface area contributed by atoms with Crippen LogP contribution in [0.2, 0.25) is 0 Å². The number of halogens is 1. The van der Waals surface area contributed by atoms with Crippen molar-refractivity contribution in [3.63, 3.8) is 0 Å². The number of carbonyl (C=O) groups is 1. The first-order valence-electron chi connectivity index (χ1n) is 8.00. The number of rotatable bonds is 6. The van der Waals surface area contributed by atoms with Crippen molar-refractivity contribution in [3.8, 4) is 5.88 Å². The number of nitrogens with zero attached hydrogens (tertiary/aromatic N) is 1. The lowest BCUT2D eigenvalue weighted by Crippen LogP contribution is -2.36. The molecule has 0 amide bonds. The zero-order chi connectivity index (χ0) is 16.9. The zero-order valence-corrected chi connectivity index (χ0v) is 15.5. The predicted octanol–water partition coefficient (Wildman–Crippen LogP) is 4.02. The predicted molar refractivity (Wildman–Crippen MR) is 90.3 cm³/mol. The van der Waals surface area contributed by atoms with Crippen LogP contribution in [-0.4, -0.2) is 29.3 Å². The molecule has 6 heteroatoms. The summed E-state index contributed by atoms with van der Waals surface area (Å²) in [5, 5.41) is 0. The summed E-state index contributed by atoms with van der Waals surface area (Å²) in [4.78, 5) is 16.2. The van der Waals surface area contributed by atoms with Crippen LogP contribution in [0.1, 0.15) is 52.0 Å². The maximum Gasteiger partial charge on any atom is 0.308 e. The van der Waals surface area contributed by atoms with Gasteiger partial charge in [0.25, 0.3) is 0 Å². The molecule has 2 heterocycles. The van der Waals surface area contributed by atoms with Gasteiger partial charge in [0.15, 0.2) is 0 Å². The van der Waals surface area contributed by atoms with Gasteiger partial charge in [-0.25, -0.2) is 4.98 Å². The number of aromatic nitrogens is 1. The standard InChI is InChI=1S/C17H24BrNO4/c1-4-21-15-8-12(14(18)10-19-15)11-22-16(20)9-13-6-5-7-17(2,3)23-13/h8,10,13H,4-7,9,11H2,1-3H3. The van der Waals surface area contributed by atoms with E-state index in [-0.39, 0.29) is 24.3 Å². The van der Waals surface area contributed by atoms with Crippen molar-refractivity contribution in [3.05, 3.63) is 22.3 Å². The van der Waals surface area contributed by atoms with E-state index in [2.05, 4.69) is 34.8 Å². The summed E-state index contributed by atoms with van der Waals surface area (Å²) in [5.41, 5.74) is 0.686. The first-order chi connectivity index (χ1) is 10.9. The Kier molecular flexibility index (Phi) is 6.41. The van der Waals surface area contributed by atoms with Gasteiger partial charge in [-0.05, 0) is 56.0 Å². The first-order valence-corrected chi connectivity index (χ1v) is 8.79. The normalized spacial score (nSPS) is 20.1. The lowest BCUT2D eigenvalue weighted by Gasteiger charge is -2.35. The molecule has 23 heavy (non-hydrogen) atoms. The Bertz CT molecular complexity index is 547. The molecule has 1 unspecified atom stereocenters. The molecule has 0 spiro atoms. The van der Waals surface area contributed by atoms with Crippen molar-refractivity contribution >= 4 is 21.9 Å². The van der Waals surface area contributed by atoms with Crippen LogP contribution in [-0.2, 0) is 20.9 Å². The molecule has 0 aromatic carbocycles. The molecule has 1 aromatic rings. The monoisotopic (exact) mass is 385 g/mol. The minimum Gasteiger partial charge on any atom is -0.478 e. The van der Waals surface area contributed by atoms with Crippen molar-refractivity contribution in [2.24, 2.45) is 0 Å². The Morgan fingerprint density at radius 2 is 2.30 bits per heavy atom. The Morgan fingerprint density at radius 3 is 3.00 bits per heavy atom. The van der Waals surface area contributed by atoms with Crippen LogP contribution in [0.4, 0.5) is 0 Å². The first kappa shape index (κ1) is 18.2. The molecule has 1 saturated heterocycles. The van der Waals surface area contributed by atoms with E-state index in [0.29, 0.717) is 18.9 Å². The van der Waals surface area contributed by atoms with E-state index < -0.39 is 0 Å². The molecule has 128 valence electrons. The van der Waals surface area contributed by atoms with Crippen LogP contribution in [0.3, 0.4) is 0 Å². The number of hydrogen-bond donors (Lipinski definition) is 0. The summed E-state index contributed by atoms with van der Waals surface area (Å²) in [5.74, 6) is 0.286. The summed E-state index contributed by atoms with van der Waals surface area (Å²) in [7, 11) is 0. The number of hydrogen-bond acceptors (Lipinski definition) is 5. The van der Waals surface area contributed by atoms with Crippen LogP contribution in [0.15, 0.2) is 16.7 Å². The third-order valence-electron chi connectivity index (χ3n) is 3.78. The van der Waals surface area contributed by atoms with Gasteiger partial charge < -0.3 is 14.2 Å². The van der Waals surface area contributed by atoms with Crippen LogP contribution in [0, 0.1) is 0 Å². The van der Waals surface area contributed by atoms with Gasteiger partial charge in [0.2, 0.25) is 5.88 Å². The van der Waals surface area contributed by atoms with Crippen molar-refractivity contribution in [1.29, 1.82) is 0 Å². The summed E-state index contributed by atoms with van der Waals surface area (Å²) in [6.45, 7) is 6.76. The molecule has 0 bridgehead atoms. The maximum absolute atomic E-state index is 12.1. The molecule has 1 aliphatic rings. The van der Waals surface area contributed by atoms with Gasteiger partial charge in [-0.3, -0.25) is 4.79 Å². The molecule has 0 saturated carbocycles. The number of carbonyl (C=O) groups excluding carboxylic acids is 1. The fourth-order valence-electron chi connectivity index (χ4n) is 2.67. The SMILES string of the molecule is CCOc1cc(COC(=O)CC2CCCC(C)(C)O2)c(Br)cn1. The molecule has 0 N–H and O–H groups in total. The molecule has 1 aliphatic heterocycles. The fraction of sp³-hybridized carbons (Fsp3) is 0.647. The molecule has 2 rings (SSSR count). The van der Waals surface area contributed by atoms with Crippen LogP contribution >= 0.6 is 15.9 Å². The largest absolute Gasteiger partial charge is 0.478 e. The summed E-state index contributed by atoms with van der Waals surface area (Å²) < 4.78 is 17.5. The molecule has 5 nitrogen and oxygen atoms in total. The number of esters is 1. The second-order valence-corrected chi connectivity index (χ2v) is 7.16. The molecule has 1 aromatic heterocycles. The Morgan fingerprint density at radius 1 is 1.52 bits per heavy atom. The zero-order valence-electron chi connectivity index (χ0n) is 13.9. The lowest BCUT2D eigenvalue weighted by atomic mass is 9.94. The van der Waals surface area contributed by atoms with Gasteiger partial charge in [-0.2, -0.15) is 0 Å². The van der Waals surface area contributed by atoms with E-state index in [1.165, 1.54) is 0 Å². The third kappa shape index (κ3) is 5.77. The van der Waals surface area contributed by atoms with Crippen molar-refractivity contribution in [2.45, 2.75) is 64.8 Å². The van der Waals surface area contributed by atoms with Crippen LogP contribution < -0.4 is 4.74 Å². The molecule has 1 fully saturated rings. The Hall–Kier alpha value is -1.14. The minimum absolute atomic E-state index is 0.0499. The second kappa shape index (κ2) is 8.11. The topological polar surface area (TPSA) is 57.7 Å². The van der Waals surface area contributed by atoms with Crippen molar-refractivity contribution < 1.29 is 19.0 Å². The third-order valence-corrected chi connectivity index (χ3v) is 4.49. The average molecular weight is 386 g/mol. The van der Waals surface area contributed by atoms with E-state index in [1.54, 1.807) is 12.3 Å². The van der Waals surface area contributed by atoms with E-state index in [4.69, 9.17) is 14.2 Å². The Balaban J connectivity index is 1.85. The number of ether oxygens (including phenoxy) is 3. The van der Waals surface area contributed by atoms with Gasteiger partial charge in [-0.15, -0.1) is 0 Å². The fourth-order valence-corrected chi connectivity index (χ4v) is 3.00. The summed E-state index contributed by atoms with van der Waals surface area (Å²) >= 11 is 3.41. The molecule has 1 atom stereocenters. The van der Waals surface area contributed by atoms with Crippen LogP contribution in [0.25, 0.3) is 0 Å². The van der Waals surface area contributed by atoms with E-state index in [0.717, 1.165) is 29.3 Å². The maximum atomic E-state index is 12.1. The highest BCUT2D eigenvalue weighted by Crippen LogP contribution is 2.29. The number of pyridine rings is 1. The smallest absolute Gasteiger partial charge is 0.308 e. The van der Waals surface area contributed by atoms with Gasteiger partial charge >= 0.3 is 5.97 Å². The minimum atomic E-state index is -0.241. The summed E-state index contributed by atoms with van der Waals surface area (Å²) in [6, 6.07) is 1.78. The second-order valence-electron chi connectivity index (χ2n) is 6.30. The van der Waals surface area contributed by atoms with Gasteiger partial charge in [-0.1, -0.05) is 0 Å². The van der Waals surface area contributed by atoms with E-state index >= 15 is 0 Å². The van der Waals surface area contributed by atoms with E-state index in [1.807, 2.05) is 6.92 Å². The van der Waals surface area contributed by atoms with Gasteiger partial charge in [0.1, 0.15) is 6.61 Å². The molecular formula is C17H24BrNO4. The van der Waals surface area contributed by atoms with Crippen LogP contribution in [0.5, 0.6) is 5.88 Å². The highest BCUT2D eigenvalue weighted by molar-refractivity contribution is 9.10. The Labute approximate surface area is 145 Å². The molecule has 0 aliphatic carbocycles. The highest BCUT2D eigenvalue weighted by Gasteiger charge is 2.30. The highest BCUT2D eigenvalue weighted by atomic mass is 79.9. The summed E-state index contributed by atoms with van der Waals surface area (Å²) in [6.07, 6.45) is 4.92. The lowest BCUT2D eigenvalue weighted by molar-refractivity contribution is -0.156. The van der Waals surface area contributed by atoms with E-state index in [9.17, 15) is 4.79 Å². The average Bonchev–Trinajstić information content (AvgIpc) is 2.47. The molecular weight excluding hydrogens is 362 g/mol. The molecule has 0 radical (unpaired) electrons. The quantitative estimate of drug-likeness (QED) is 0.691. The van der Waals surface area contributed by atoms with Gasteiger partial charge in [0.05, 0.1) is 24.7 Å².